The second-order valence-corrected chi connectivity index (χ2v) is 6.25. The molecule has 0 bridgehead atoms. The molecule has 2 aromatic heterocycles. The predicted octanol–water partition coefficient (Wildman–Crippen LogP) is 4.42. The van der Waals surface area contributed by atoms with E-state index in [0.29, 0.717) is 17.5 Å². The van der Waals surface area contributed by atoms with Gasteiger partial charge in [-0.25, -0.2) is 9.37 Å². The van der Waals surface area contributed by atoms with Gasteiger partial charge in [-0.05, 0) is 56.0 Å². The highest BCUT2D eigenvalue weighted by atomic mass is 32.1. The topological polar surface area (TPSA) is 35.0 Å². The number of aryl methyl sites for hydroxylation is 3. The van der Waals surface area contributed by atoms with Crippen molar-refractivity contribution in [2.45, 2.75) is 26.2 Å². The molecule has 4 rings (SSSR count). The Morgan fingerprint density at radius 3 is 2.76 bits per heavy atom. The van der Waals surface area contributed by atoms with E-state index in [1.54, 1.807) is 23.5 Å². The average molecular weight is 300 g/mol. The van der Waals surface area contributed by atoms with Crippen molar-refractivity contribution in [3.8, 4) is 11.6 Å². The largest absolute Gasteiger partial charge is 0.438 e. The Balaban J connectivity index is 1.85. The van der Waals surface area contributed by atoms with Crippen LogP contribution in [0.3, 0.4) is 0 Å². The Bertz CT molecular complexity index is 826. The lowest BCUT2D eigenvalue weighted by atomic mass is 10.2. The molecule has 0 saturated heterocycles. The van der Waals surface area contributed by atoms with Crippen molar-refractivity contribution < 1.29 is 9.13 Å². The molecule has 106 valence electrons. The number of hydrogen-bond donors (Lipinski definition) is 0. The minimum atomic E-state index is -0.275. The molecule has 0 amide bonds. The van der Waals surface area contributed by atoms with E-state index in [-0.39, 0.29) is 5.82 Å². The standard InChI is InChI=1S/C16H13FN2OS/c1-9-18-15(20-11-7-5-10(17)6-8-11)14-12-3-2-4-13(12)21-16(14)19-9/h5-8H,2-4H2,1H3. The normalized spacial score (nSPS) is 13.6. The molecule has 2 heterocycles. The van der Waals surface area contributed by atoms with E-state index in [4.69, 9.17) is 4.74 Å². The average Bonchev–Trinajstić information content (AvgIpc) is 3.01. The summed E-state index contributed by atoms with van der Waals surface area (Å²) < 4.78 is 18.9. The van der Waals surface area contributed by atoms with E-state index >= 15 is 0 Å². The van der Waals surface area contributed by atoms with Crippen LogP contribution in [0, 0.1) is 12.7 Å². The maximum absolute atomic E-state index is 13.0. The van der Waals surface area contributed by atoms with Crippen LogP contribution in [0.4, 0.5) is 4.39 Å². The van der Waals surface area contributed by atoms with E-state index in [0.717, 1.165) is 23.1 Å². The van der Waals surface area contributed by atoms with Crippen LogP contribution >= 0.6 is 11.3 Å². The second kappa shape index (κ2) is 4.77. The predicted molar refractivity (Wildman–Crippen MR) is 80.7 cm³/mol. The summed E-state index contributed by atoms with van der Waals surface area (Å²) in [6, 6.07) is 6.01. The fraction of sp³-hybridized carbons (Fsp3) is 0.250. The van der Waals surface area contributed by atoms with Crippen LogP contribution in [-0.2, 0) is 12.8 Å². The third kappa shape index (κ3) is 2.17. The first-order valence-corrected chi connectivity index (χ1v) is 7.74. The molecule has 0 N–H and O–H groups in total. The zero-order chi connectivity index (χ0) is 14.4. The first-order valence-electron chi connectivity index (χ1n) is 6.93. The van der Waals surface area contributed by atoms with Crippen molar-refractivity contribution in [2.75, 3.05) is 0 Å². The van der Waals surface area contributed by atoms with Gasteiger partial charge in [0.05, 0.1) is 5.39 Å². The molecule has 1 aromatic carbocycles. The quantitative estimate of drug-likeness (QED) is 0.702. The van der Waals surface area contributed by atoms with Crippen molar-refractivity contribution in [2.24, 2.45) is 0 Å². The van der Waals surface area contributed by atoms with Gasteiger partial charge in [0.1, 0.15) is 22.2 Å². The van der Waals surface area contributed by atoms with Gasteiger partial charge in [0.2, 0.25) is 5.88 Å². The van der Waals surface area contributed by atoms with Gasteiger partial charge < -0.3 is 4.74 Å². The van der Waals surface area contributed by atoms with Gasteiger partial charge in [-0.3, -0.25) is 0 Å². The van der Waals surface area contributed by atoms with Gasteiger partial charge in [-0.15, -0.1) is 11.3 Å². The maximum Gasteiger partial charge on any atom is 0.231 e. The minimum Gasteiger partial charge on any atom is -0.438 e. The van der Waals surface area contributed by atoms with Crippen molar-refractivity contribution in [1.82, 2.24) is 9.97 Å². The van der Waals surface area contributed by atoms with Gasteiger partial charge in [0.15, 0.2) is 0 Å². The zero-order valence-corrected chi connectivity index (χ0v) is 12.3. The van der Waals surface area contributed by atoms with Gasteiger partial charge in [-0.2, -0.15) is 4.98 Å². The van der Waals surface area contributed by atoms with Crippen LogP contribution in [0.1, 0.15) is 22.7 Å². The molecule has 0 atom stereocenters. The molecule has 3 aromatic rings. The van der Waals surface area contributed by atoms with Gasteiger partial charge in [0, 0.05) is 4.88 Å². The summed E-state index contributed by atoms with van der Waals surface area (Å²) in [6.07, 6.45) is 3.36. The summed E-state index contributed by atoms with van der Waals surface area (Å²) in [5.41, 5.74) is 1.33. The van der Waals surface area contributed by atoms with E-state index in [9.17, 15) is 4.39 Å². The number of rotatable bonds is 2. The van der Waals surface area contributed by atoms with Crippen LogP contribution in [0.2, 0.25) is 0 Å². The van der Waals surface area contributed by atoms with Gasteiger partial charge in [0.25, 0.3) is 0 Å². The molecule has 0 aliphatic heterocycles. The number of hydrogen-bond acceptors (Lipinski definition) is 4. The van der Waals surface area contributed by atoms with Crippen molar-refractivity contribution in [3.05, 3.63) is 46.3 Å². The molecule has 0 unspecified atom stereocenters. The third-order valence-electron chi connectivity index (χ3n) is 3.67. The Hall–Kier alpha value is -2.01. The van der Waals surface area contributed by atoms with E-state index in [1.165, 1.54) is 29.0 Å². The molecule has 0 radical (unpaired) electrons. The van der Waals surface area contributed by atoms with Crippen LogP contribution in [0.25, 0.3) is 10.2 Å². The lowest BCUT2D eigenvalue weighted by Gasteiger charge is -2.07. The molecule has 0 saturated carbocycles. The summed E-state index contributed by atoms with van der Waals surface area (Å²) >= 11 is 1.74. The van der Waals surface area contributed by atoms with Crippen molar-refractivity contribution in [1.29, 1.82) is 0 Å². The van der Waals surface area contributed by atoms with Crippen LogP contribution < -0.4 is 4.74 Å². The highest BCUT2D eigenvalue weighted by Gasteiger charge is 2.22. The second-order valence-electron chi connectivity index (χ2n) is 5.17. The van der Waals surface area contributed by atoms with Crippen LogP contribution in [0.5, 0.6) is 11.6 Å². The first kappa shape index (κ1) is 12.7. The molecule has 0 fully saturated rings. The number of nitrogens with zero attached hydrogens (tertiary/aromatic N) is 2. The van der Waals surface area contributed by atoms with Gasteiger partial charge >= 0.3 is 0 Å². The van der Waals surface area contributed by atoms with Crippen molar-refractivity contribution >= 4 is 21.6 Å². The Kier molecular flexibility index (Phi) is 2.89. The molecular formula is C16H13FN2OS. The molecule has 0 spiro atoms. The number of fused-ring (bicyclic) bond motifs is 3. The maximum atomic E-state index is 13.0. The zero-order valence-electron chi connectivity index (χ0n) is 11.5. The molecule has 21 heavy (non-hydrogen) atoms. The molecule has 3 nitrogen and oxygen atoms in total. The molecule has 1 aliphatic carbocycles. The van der Waals surface area contributed by atoms with Crippen molar-refractivity contribution in [3.63, 3.8) is 0 Å². The molecule has 5 heteroatoms. The first-order chi connectivity index (χ1) is 10.2. The monoisotopic (exact) mass is 300 g/mol. The molecule has 1 aliphatic rings. The fourth-order valence-electron chi connectivity index (χ4n) is 2.75. The lowest BCUT2D eigenvalue weighted by Crippen LogP contribution is -1.95. The van der Waals surface area contributed by atoms with Crippen LogP contribution in [-0.4, -0.2) is 9.97 Å². The number of aromatic nitrogens is 2. The number of thiophene rings is 1. The highest BCUT2D eigenvalue weighted by Crippen LogP contribution is 2.41. The fourth-order valence-corrected chi connectivity index (χ4v) is 4.05. The van der Waals surface area contributed by atoms with E-state index < -0.39 is 0 Å². The summed E-state index contributed by atoms with van der Waals surface area (Å²) in [6.45, 7) is 1.86. The van der Waals surface area contributed by atoms with E-state index in [1.807, 2.05) is 6.92 Å². The summed E-state index contributed by atoms with van der Waals surface area (Å²) in [7, 11) is 0. The highest BCUT2D eigenvalue weighted by molar-refractivity contribution is 7.19. The summed E-state index contributed by atoms with van der Waals surface area (Å²) in [5, 5.41) is 1.03. The Morgan fingerprint density at radius 1 is 1.14 bits per heavy atom. The smallest absolute Gasteiger partial charge is 0.231 e. The Morgan fingerprint density at radius 2 is 1.95 bits per heavy atom. The number of halogens is 1. The molecular weight excluding hydrogens is 287 g/mol. The van der Waals surface area contributed by atoms with Gasteiger partial charge in [-0.1, -0.05) is 0 Å². The Labute approximate surface area is 125 Å². The minimum absolute atomic E-state index is 0.275. The third-order valence-corrected chi connectivity index (χ3v) is 4.86. The van der Waals surface area contributed by atoms with Crippen LogP contribution in [0.15, 0.2) is 24.3 Å². The lowest BCUT2D eigenvalue weighted by molar-refractivity contribution is 0.465. The number of benzene rings is 1. The number of ether oxygens (including phenoxy) is 1. The van der Waals surface area contributed by atoms with E-state index in [2.05, 4.69) is 9.97 Å². The SMILES string of the molecule is Cc1nc(Oc2ccc(F)cc2)c2c3c(sc2n1)CCC3. The summed E-state index contributed by atoms with van der Waals surface area (Å²) in [5.74, 6) is 1.60. The summed E-state index contributed by atoms with van der Waals surface area (Å²) in [4.78, 5) is 11.4.